The van der Waals surface area contributed by atoms with Crippen molar-refractivity contribution in [3.8, 4) is 11.4 Å². The van der Waals surface area contributed by atoms with Crippen molar-refractivity contribution in [2.24, 2.45) is 4.99 Å². The first-order valence-electron chi connectivity index (χ1n) is 10.1. The Hall–Kier alpha value is -1.49. The van der Waals surface area contributed by atoms with E-state index in [0.717, 1.165) is 60.9 Å². The Balaban J connectivity index is 0.00000300. The lowest BCUT2D eigenvalue weighted by Crippen LogP contribution is -2.46. The third-order valence-corrected chi connectivity index (χ3v) is 6.74. The predicted molar refractivity (Wildman–Crippen MR) is 130 cm³/mol. The number of hydrogen-bond donors (Lipinski definition) is 3. The van der Waals surface area contributed by atoms with Crippen LogP contribution in [0.15, 0.2) is 35.6 Å². The van der Waals surface area contributed by atoms with E-state index in [-0.39, 0.29) is 24.0 Å². The van der Waals surface area contributed by atoms with Gasteiger partial charge in [0.2, 0.25) is 0 Å². The van der Waals surface area contributed by atoms with Gasteiger partial charge in [-0.1, -0.05) is 31.5 Å². The van der Waals surface area contributed by atoms with Gasteiger partial charge in [-0.2, -0.15) is 5.10 Å². The maximum Gasteiger partial charge on any atom is 0.191 e. The van der Waals surface area contributed by atoms with Crippen molar-refractivity contribution in [1.29, 1.82) is 0 Å². The molecule has 29 heavy (non-hydrogen) atoms. The number of aliphatic imine (C=N–C) groups is 1. The van der Waals surface area contributed by atoms with E-state index in [1.54, 1.807) is 0 Å². The van der Waals surface area contributed by atoms with Crippen molar-refractivity contribution in [3.63, 3.8) is 0 Å². The van der Waals surface area contributed by atoms with Gasteiger partial charge < -0.3 is 10.6 Å². The van der Waals surface area contributed by atoms with Crippen LogP contribution in [0.2, 0.25) is 0 Å². The summed E-state index contributed by atoms with van der Waals surface area (Å²) in [6, 6.07) is 8.48. The molecule has 1 saturated carbocycles. The highest BCUT2D eigenvalue weighted by molar-refractivity contribution is 14.0. The molecule has 0 radical (unpaired) electrons. The van der Waals surface area contributed by atoms with Crippen molar-refractivity contribution >= 4 is 40.7 Å². The molecule has 9 heteroatoms. The molecule has 3 rings (SSSR count). The normalized spacial score (nSPS) is 20.6. The van der Waals surface area contributed by atoms with Crippen LogP contribution < -0.4 is 10.6 Å². The zero-order valence-corrected chi connectivity index (χ0v) is 20.2. The molecule has 1 aromatic carbocycles. The smallest absolute Gasteiger partial charge is 0.191 e. The number of hydrogen-bond acceptors (Lipinski definition) is 4. The molecule has 3 atom stereocenters. The van der Waals surface area contributed by atoms with Gasteiger partial charge in [0.25, 0.3) is 0 Å². The fraction of sp³-hybridized carbons (Fsp3) is 0.550. The number of guanidine groups is 1. The van der Waals surface area contributed by atoms with Gasteiger partial charge in [-0.3, -0.25) is 9.31 Å². The fourth-order valence-corrected chi connectivity index (χ4v) is 4.94. The average Bonchev–Trinajstić information content (AvgIpc) is 3.27. The Morgan fingerprint density at radius 3 is 2.93 bits per heavy atom. The molecule has 0 spiro atoms. The Morgan fingerprint density at radius 1 is 1.34 bits per heavy atom. The van der Waals surface area contributed by atoms with Gasteiger partial charge >= 0.3 is 0 Å². The average molecular weight is 530 g/mol. The molecule has 1 aliphatic rings. The van der Waals surface area contributed by atoms with Gasteiger partial charge in [0.05, 0.1) is 6.54 Å². The molecule has 160 valence electrons. The number of nitrogens with zero attached hydrogens (tertiary/aromatic N) is 3. The van der Waals surface area contributed by atoms with Crippen molar-refractivity contribution < 1.29 is 4.21 Å². The third-order valence-electron chi connectivity index (χ3n) is 5.00. The highest BCUT2D eigenvalue weighted by Gasteiger charge is 2.26. The van der Waals surface area contributed by atoms with Crippen LogP contribution in [0.1, 0.15) is 45.1 Å². The van der Waals surface area contributed by atoms with Crippen LogP contribution in [0.25, 0.3) is 11.4 Å². The highest BCUT2D eigenvalue weighted by Crippen LogP contribution is 2.23. The summed E-state index contributed by atoms with van der Waals surface area (Å²) in [7, 11) is -0.718. The molecule has 0 saturated heterocycles. The lowest BCUT2D eigenvalue weighted by molar-refractivity contribution is 0.413. The first kappa shape index (κ1) is 23.8. The Morgan fingerprint density at radius 2 is 2.21 bits per heavy atom. The molecule has 1 aliphatic carbocycles. The second-order valence-electron chi connectivity index (χ2n) is 7.03. The number of nitrogens with one attached hydrogen (secondary N) is 3. The van der Waals surface area contributed by atoms with Crippen LogP contribution in [0.3, 0.4) is 0 Å². The number of halogens is 1. The largest absolute Gasteiger partial charge is 0.357 e. The molecule has 2 aromatic rings. The molecule has 1 aromatic heterocycles. The topological polar surface area (TPSA) is 95.1 Å². The van der Waals surface area contributed by atoms with Crippen LogP contribution in [0, 0.1) is 0 Å². The van der Waals surface area contributed by atoms with Gasteiger partial charge in [-0.25, -0.2) is 9.98 Å². The van der Waals surface area contributed by atoms with E-state index < -0.39 is 10.8 Å². The lowest BCUT2D eigenvalue weighted by Gasteiger charge is -2.30. The van der Waals surface area contributed by atoms with Crippen LogP contribution in [-0.4, -0.2) is 48.9 Å². The summed E-state index contributed by atoms with van der Waals surface area (Å²) in [6.45, 7) is 5.46. The molecule has 3 unspecified atom stereocenters. The van der Waals surface area contributed by atoms with Crippen LogP contribution in [-0.2, 0) is 17.3 Å². The van der Waals surface area contributed by atoms with E-state index in [2.05, 4.69) is 44.9 Å². The summed E-state index contributed by atoms with van der Waals surface area (Å²) in [6.07, 6.45) is 5.75. The Kier molecular flexibility index (Phi) is 10.1. The van der Waals surface area contributed by atoms with Crippen LogP contribution in [0.4, 0.5) is 0 Å². The number of aromatic nitrogens is 3. The van der Waals surface area contributed by atoms with Crippen molar-refractivity contribution in [2.75, 3.05) is 12.3 Å². The molecule has 7 nitrogen and oxygen atoms in total. The van der Waals surface area contributed by atoms with Gasteiger partial charge in [-0.05, 0) is 37.8 Å². The summed E-state index contributed by atoms with van der Waals surface area (Å²) < 4.78 is 12.2. The summed E-state index contributed by atoms with van der Waals surface area (Å²) >= 11 is 0. The lowest BCUT2D eigenvalue weighted by atomic mass is 9.95. The molecule has 1 fully saturated rings. The molecule has 0 bridgehead atoms. The number of aromatic amines is 1. The SMILES string of the molecule is CCNC(=NCc1cccc(-c2ncn[nH]2)c1)NC1CCCC(S(=O)CC)C1.I. The maximum atomic E-state index is 12.2. The van der Waals surface area contributed by atoms with E-state index in [1.165, 1.54) is 6.33 Å². The zero-order chi connectivity index (χ0) is 19.8. The highest BCUT2D eigenvalue weighted by atomic mass is 127. The number of H-pyrrole nitrogens is 1. The van der Waals surface area contributed by atoms with Crippen LogP contribution >= 0.6 is 24.0 Å². The minimum absolute atomic E-state index is 0. The summed E-state index contributed by atoms with van der Waals surface area (Å²) in [5.41, 5.74) is 2.11. The second-order valence-corrected chi connectivity index (χ2v) is 9.03. The monoisotopic (exact) mass is 530 g/mol. The van der Waals surface area contributed by atoms with E-state index in [1.807, 2.05) is 19.1 Å². The Labute approximate surface area is 192 Å². The first-order valence-corrected chi connectivity index (χ1v) is 11.4. The molecule has 3 N–H and O–H groups in total. The van der Waals surface area contributed by atoms with Crippen molar-refractivity contribution in [1.82, 2.24) is 25.8 Å². The molecular weight excluding hydrogens is 499 g/mol. The third kappa shape index (κ3) is 7.06. The summed E-state index contributed by atoms with van der Waals surface area (Å²) in [5.74, 6) is 2.32. The number of benzene rings is 1. The minimum Gasteiger partial charge on any atom is -0.357 e. The van der Waals surface area contributed by atoms with Gasteiger partial charge in [0, 0.05) is 40.0 Å². The maximum absolute atomic E-state index is 12.2. The molecular formula is C20H31IN6OS. The first-order chi connectivity index (χ1) is 13.7. The molecule has 0 amide bonds. The van der Waals surface area contributed by atoms with Crippen LogP contribution in [0.5, 0.6) is 0 Å². The number of rotatable bonds is 7. The Bertz CT molecular complexity index is 798. The van der Waals surface area contributed by atoms with E-state index in [9.17, 15) is 4.21 Å². The summed E-state index contributed by atoms with van der Waals surface area (Å²) in [4.78, 5) is 8.97. The van der Waals surface area contributed by atoms with Gasteiger partial charge in [0.1, 0.15) is 6.33 Å². The second kappa shape index (κ2) is 12.3. The van der Waals surface area contributed by atoms with Crippen molar-refractivity contribution in [3.05, 3.63) is 36.2 Å². The minimum atomic E-state index is -0.718. The fourth-order valence-electron chi connectivity index (χ4n) is 3.60. The van der Waals surface area contributed by atoms with Gasteiger partial charge in [-0.15, -0.1) is 24.0 Å². The van der Waals surface area contributed by atoms with Crippen molar-refractivity contribution in [2.45, 2.75) is 57.4 Å². The standard InChI is InChI=1S/C20H30N6OS.HI/c1-3-21-20(25-17-9-6-10-18(12-17)28(27)4-2)22-13-15-7-5-8-16(11-15)19-23-14-24-26-19;/h5,7-8,11,14,17-18H,3-4,6,9-10,12-13H2,1-2H3,(H2,21,22,25)(H,23,24,26);1H. The van der Waals surface area contributed by atoms with E-state index >= 15 is 0 Å². The van der Waals surface area contributed by atoms with E-state index in [4.69, 9.17) is 4.99 Å². The quantitative estimate of drug-likeness (QED) is 0.290. The van der Waals surface area contributed by atoms with E-state index in [0.29, 0.717) is 17.8 Å². The predicted octanol–water partition coefficient (Wildman–Crippen LogP) is 3.22. The zero-order valence-electron chi connectivity index (χ0n) is 17.1. The molecule has 1 heterocycles. The van der Waals surface area contributed by atoms with Gasteiger partial charge in [0.15, 0.2) is 11.8 Å². The summed E-state index contributed by atoms with van der Waals surface area (Å²) in [5, 5.41) is 14.0. The molecule has 0 aliphatic heterocycles.